The van der Waals surface area contributed by atoms with Crippen molar-refractivity contribution in [1.29, 1.82) is 0 Å². The largest absolute Gasteiger partial charge is 0.497 e. The van der Waals surface area contributed by atoms with Gasteiger partial charge in [-0.25, -0.2) is 9.97 Å². The first-order valence-corrected chi connectivity index (χ1v) is 6.53. The van der Waals surface area contributed by atoms with E-state index >= 15 is 0 Å². The average Bonchev–Trinajstić information content (AvgIpc) is 2.47. The van der Waals surface area contributed by atoms with E-state index in [1.54, 1.807) is 7.11 Å². The monoisotopic (exact) mass is 257 g/mol. The van der Waals surface area contributed by atoms with E-state index in [9.17, 15) is 0 Å². The molecule has 0 fully saturated rings. The van der Waals surface area contributed by atoms with E-state index in [2.05, 4.69) is 29.1 Å². The summed E-state index contributed by atoms with van der Waals surface area (Å²) in [5.41, 5.74) is 1.96. The summed E-state index contributed by atoms with van der Waals surface area (Å²) in [5.74, 6) is 2.54. The van der Waals surface area contributed by atoms with Gasteiger partial charge >= 0.3 is 0 Å². The summed E-state index contributed by atoms with van der Waals surface area (Å²) in [5, 5.41) is 3.24. The second kappa shape index (κ2) is 6.18. The lowest BCUT2D eigenvalue weighted by atomic mass is 10.1. The Morgan fingerprint density at radius 3 is 2.68 bits per heavy atom. The lowest BCUT2D eigenvalue weighted by Gasteiger charge is -2.09. The Bertz CT molecular complexity index is 555. The molecule has 1 heterocycles. The Kier molecular flexibility index (Phi) is 4.34. The summed E-state index contributed by atoms with van der Waals surface area (Å²) in [6.45, 7) is 4.96. The van der Waals surface area contributed by atoms with Gasteiger partial charge in [-0.05, 0) is 19.1 Å². The highest BCUT2D eigenvalue weighted by Crippen LogP contribution is 2.24. The molecule has 4 heteroatoms. The molecule has 0 bridgehead atoms. The van der Waals surface area contributed by atoms with Crippen molar-refractivity contribution in [3.8, 4) is 17.0 Å². The highest BCUT2D eigenvalue weighted by Gasteiger charge is 2.06. The number of nitrogens with one attached hydrogen (secondary N) is 1. The van der Waals surface area contributed by atoms with Gasteiger partial charge in [0, 0.05) is 24.6 Å². The Morgan fingerprint density at radius 2 is 2.00 bits per heavy atom. The Hall–Kier alpha value is -2.10. The fourth-order valence-corrected chi connectivity index (χ4v) is 1.86. The van der Waals surface area contributed by atoms with Crippen molar-refractivity contribution in [3.63, 3.8) is 0 Å². The van der Waals surface area contributed by atoms with Gasteiger partial charge in [0.2, 0.25) is 0 Å². The molecule has 2 rings (SSSR count). The number of anilines is 1. The molecular weight excluding hydrogens is 238 g/mol. The van der Waals surface area contributed by atoms with Crippen LogP contribution in [0.1, 0.15) is 19.7 Å². The number of ether oxygens (including phenoxy) is 1. The van der Waals surface area contributed by atoms with Crippen LogP contribution in [0.3, 0.4) is 0 Å². The van der Waals surface area contributed by atoms with Crippen molar-refractivity contribution in [3.05, 3.63) is 36.2 Å². The topological polar surface area (TPSA) is 47.0 Å². The van der Waals surface area contributed by atoms with E-state index in [4.69, 9.17) is 4.74 Å². The fraction of sp³-hybridized carbons (Fsp3) is 0.333. The predicted octanol–water partition coefficient (Wildman–Crippen LogP) is 3.15. The van der Waals surface area contributed by atoms with Crippen LogP contribution >= 0.6 is 0 Å². The van der Waals surface area contributed by atoms with Gasteiger partial charge in [0.25, 0.3) is 0 Å². The summed E-state index contributed by atoms with van der Waals surface area (Å²) in [6.07, 6.45) is 0.816. The van der Waals surface area contributed by atoms with Crippen LogP contribution < -0.4 is 10.1 Å². The van der Waals surface area contributed by atoms with Crippen molar-refractivity contribution < 1.29 is 4.74 Å². The van der Waals surface area contributed by atoms with E-state index in [1.807, 2.05) is 30.3 Å². The van der Waals surface area contributed by atoms with Gasteiger partial charge in [0.05, 0.1) is 12.8 Å². The summed E-state index contributed by atoms with van der Waals surface area (Å²) in [4.78, 5) is 9.03. The van der Waals surface area contributed by atoms with Crippen LogP contribution in [0.25, 0.3) is 11.3 Å². The minimum atomic E-state index is 0.816. The van der Waals surface area contributed by atoms with E-state index < -0.39 is 0 Å². The quantitative estimate of drug-likeness (QED) is 0.893. The maximum Gasteiger partial charge on any atom is 0.131 e. The normalized spacial score (nSPS) is 10.3. The average molecular weight is 257 g/mol. The molecule has 0 radical (unpaired) electrons. The molecule has 1 N–H and O–H groups in total. The summed E-state index contributed by atoms with van der Waals surface area (Å²) in [6, 6.07) is 9.88. The lowest BCUT2D eigenvalue weighted by molar-refractivity contribution is 0.415. The number of hydrogen-bond acceptors (Lipinski definition) is 4. The summed E-state index contributed by atoms with van der Waals surface area (Å²) < 4.78 is 5.25. The van der Waals surface area contributed by atoms with Crippen molar-refractivity contribution in [1.82, 2.24) is 9.97 Å². The highest BCUT2D eigenvalue weighted by atomic mass is 16.5. The van der Waals surface area contributed by atoms with Gasteiger partial charge in [-0.2, -0.15) is 0 Å². The third-order valence-electron chi connectivity index (χ3n) is 2.81. The molecule has 0 saturated heterocycles. The Labute approximate surface area is 113 Å². The molecule has 0 spiro atoms. The second-order valence-electron chi connectivity index (χ2n) is 4.17. The van der Waals surface area contributed by atoms with Crippen LogP contribution in [0.2, 0.25) is 0 Å². The summed E-state index contributed by atoms with van der Waals surface area (Å²) >= 11 is 0. The van der Waals surface area contributed by atoms with Crippen molar-refractivity contribution in [2.24, 2.45) is 0 Å². The van der Waals surface area contributed by atoms with E-state index in [1.165, 1.54) is 0 Å². The number of nitrogens with zero attached hydrogens (tertiary/aromatic N) is 2. The lowest BCUT2D eigenvalue weighted by Crippen LogP contribution is -2.04. The van der Waals surface area contributed by atoms with Gasteiger partial charge in [0.15, 0.2) is 0 Å². The third kappa shape index (κ3) is 3.22. The SMILES string of the molecule is CCNc1cc(-c2cccc(OC)c2)nc(CC)n1. The van der Waals surface area contributed by atoms with E-state index in [0.717, 1.165) is 41.6 Å². The van der Waals surface area contributed by atoms with Crippen LogP contribution in [0.4, 0.5) is 5.82 Å². The highest BCUT2D eigenvalue weighted by molar-refractivity contribution is 5.64. The Morgan fingerprint density at radius 1 is 1.16 bits per heavy atom. The summed E-state index contributed by atoms with van der Waals surface area (Å²) in [7, 11) is 1.67. The number of aromatic nitrogens is 2. The van der Waals surface area contributed by atoms with Gasteiger partial charge < -0.3 is 10.1 Å². The minimum absolute atomic E-state index is 0.816. The fourth-order valence-electron chi connectivity index (χ4n) is 1.86. The molecule has 2 aromatic rings. The molecule has 1 aromatic heterocycles. The van der Waals surface area contributed by atoms with Crippen molar-refractivity contribution in [2.45, 2.75) is 20.3 Å². The number of aryl methyl sites for hydroxylation is 1. The molecule has 0 amide bonds. The zero-order chi connectivity index (χ0) is 13.7. The number of hydrogen-bond donors (Lipinski definition) is 1. The van der Waals surface area contributed by atoms with Crippen LogP contribution in [-0.4, -0.2) is 23.6 Å². The standard InChI is InChI=1S/C15H19N3O/c1-4-14-17-13(10-15(18-14)16-5-2)11-7-6-8-12(9-11)19-3/h6-10H,4-5H2,1-3H3,(H,16,17,18). The van der Waals surface area contributed by atoms with Crippen LogP contribution in [0.15, 0.2) is 30.3 Å². The van der Waals surface area contributed by atoms with Gasteiger partial charge in [-0.3, -0.25) is 0 Å². The second-order valence-corrected chi connectivity index (χ2v) is 4.17. The molecule has 19 heavy (non-hydrogen) atoms. The molecule has 4 nitrogen and oxygen atoms in total. The first-order chi connectivity index (χ1) is 9.26. The maximum absolute atomic E-state index is 5.25. The van der Waals surface area contributed by atoms with Gasteiger partial charge in [-0.1, -0.05) is 19.1 Å². The molecule has 0 atom stereocenters. The van der Waals surface area contributed by atoms with Crippen LogP contribution in [0, 0.1) is 0 Å². The number of benzene rings is 1. The van der Waals surface area contributed by atoms with Gasteiger partial charge in [-0.15, -0.1) is 0 Å². The molecule has 0 saturated carbocycles. The molecule has 0 unspecified atom stereocenters. The maximum atomic E-state index is 5.25. The molecule has 100 valence electrons. The zero-order valence-corrected chi connectivity index (χ0v) is 11.6. The molecule has 1 aromatic carbocycles. The molecule has 0 aliphatic rings. The number of rotatable bonds is 5. The van der Waals surface area contributed by atoms with Crippen molar-refractivity contribution >= 4 is 5.82 Å². The molecule has 0 aliphatic carbocycles. The van der Waals surface area contributed by atoms with Crippen LogP contribution in [0.5, 0.6) is 5.75 Å². The first-order valence-electron chi connectivity index (χ1n) is 6.53. The minimum Gasteiger partial charge on any atom is -0.497 e. The van der Waals surface area contributed by atoms with E-state index in [-0.39, 0.29) is 0 Å². The Balaban J connectivity index is 2.44. The molecule has 0 aliphatic heterocycles. The van der Waals surface area contributed by atoms with Crippen LogP contribution in [-0.2, 0) is 6.42 Å². The number of methoxy groups -OCH3 is 1. The van der Waals surface area contributed by atoms with E-state index in [0.29, 0.717) is 0 Å². The predicted molar refractivity (Wildman–Crippen MR) is 77.6 cm³/mol. The zero-order valence-electron chi connectivity index (χ0n) is 11.6. The van der Waals surface area contributed by atoms with Gasteiger partial charge in [0.1, 0.15) is 17.4 Å². The smallest absolute Gasteiger partial charge is 0.131 e. The third-order valence-corrected chi connectivity index (χ3v) is 2.81. The van der Waals surface area contributed by atoms with Crippen molar-refractivity contribution in [2.75, 3.05) is 19.0 Å². The first kappa shape index (κ1) is 13.3. The molecular formula is C15H19N3O.